The molecule has 0 aliphatic carbocycles. The van der Waals surface area contributed by atoms with Crippen molar-refractivity contribution in [3.05, 3.63) is 70.0 Å². The molecule has 0 fully saturated rings. The van der Waals surface area contributed by atoms with Crippen molar-refractivity contribution in [1.29, 1.82) is 0 Å². The zero-order valence-corrected chi connectivity index (χ0v) is 19.2. The third-order valence-electron chi connectivity index (χ3n) is 4.87. The molecule has 4 nitrogen and oxygen atoms in total. The number of nitrogens with one attached hydrogen (secondary N) is 1. The Hall–Kier alpha value is -2.05. The molecule has 0 aliphatic rings. The Balaban J connectivity index is 2.16. The molecule has 1 N–H and O–H groups in total. The number of likely N-dealkylation sites (N-methyl/N-ethyl adjacent to an activating group) is 1. The molecule has 162 valence electrons. The van der Waals surface area contributed by atoms with Crippen LogP contribution in [-0.4, -0.2) is 35.1 Å². The molecule has 0 aromatic heterocycles. The molecule has 2 rings (SSSR count). The van der Waals surface area contributed by atoms with Crippen LogP contribution in [0, 0.1) is 12.7 Å². The Kier molecular flexibility index (Phi) is 9.66. The molecule has 30 heavy (non-hydrogen) atoms. The fraction of sp³-hybridized carbons (Fsp3) is 0.391. The van der Waals surface area contributed by atoms with Crippen LogP contribution < -0.4 is 5.32 Å². The van der Waals surface area contributed by atoms with Gasteiger partial charge in [0.05, 0.1) is 5.75 Å². The number of hydrogen-bond acceptors (Lipinski definition) is 3. The minimum absolute atomic E-state index is 0.131. The van der Waals surface area contributed by atoms with Crippen LogP contribution in [0.15, 0.2) is 42.5 Å². The zero-order chi connectivity index (χ0) is 22.1. The lowest BCUT2D eigenvalue weighted by atomic mass is 10.1. The Morgan fingerprint density at radius 1 is 1.17 bits per heavy atom. The molecule has 2 aromatic rings. The molecule has 0 aliphatic heterocycles. The standard InChI is InChI=1S/C23H28ClFN2O2S/c1-4-21(23(29)26-5-2)27(13-17-10-7-6-9-16(17)3)22(28)15-30-14-18-19(24)11-8-12-20(18)25/h6-12,21H,4-5,13-15H2,1-3H3,(H,26,29). The first-order valence-electron chi connectivity index (χ1n) is 10.0. The minimum Gasteiger partial charge on any atom is -0.355 e. The maximum atomic E-state index is 14.0. The molecule has 0 spiro atoms. The number of carbonyl (C=O) groups is 2. The topological polar surface area (TPSA) is 49.4 Å². The number of benzene rings is 2. The summed E-state index contributed by atoms with van der Waals surface area (Å²) < 4.78 is 14.0. The molecule has 0 saturated carbocycles. The third-order valence-corrected chi connectivity index (χ3v) is 6.17. The number of aryl methyl sites for hydroxylation is 1. The van der Waals surface area contributed by atoms with Crippen LogP contribution in [0.4, 0.5) is 4.39 Å². The van der Waals surface area contributed by atoms with E-state index < -0.39 is 6.04 Å². The zero-order valence-electron chi connectivity index (χ0n) is 17.6. The van der Waals surface area contributed by atoms with Gasteiger partial charge >= 0.3 is 0 Å². The summed E-state index contributed by atoms with van der Waals surface area (Å²) in [5, 5.41) is 3.17. The summed E-state index contributed by atoms with van der Waals surface area (Å²) in [4.78, 5) is 27.4. The first-order chi connectivity index (χ1) is 14.4. The average molecular weight is 451 g/mol. The summed E-state index contributed by atoms with van der Waals surface area (Å²) in [7, 11) is 0. The molecule has 0 saturated heterocycles. The van der Waals surface area contributed by atoms with E-state index in [2.05, 4.69) is 5.32 Å². The highest BCUT2D eigenvalue weighted by molar-refractivity contribution is 7.99. The summed E-state index contributed by atoms with van der Waals surface area (Å²) in [5.41, 5.74) is 2.45. The lowest BCUT2D eigenvalue weighted by Crippen LogP contribution is -2.49. The summed E-state index contributed by atoms with van der Waals surface area (Å²) in [6.07, 6.45) is 0.507. The van der Waals surface area contributed by atoms with Crippen LogP contribution in [0.25, 0.3) is 0 Å². The first-order valence-corrected chi connectivity index (χ1v) is 11.5. The Morgan fingerprint density at radius 2 is 1.90 bits per heavy atom. The van der Waals surface area contributed by atoms with Crippen LogP contribution in [0.1, 0.15) is 37.0 Å². The number of thioether (sulfide) groups is 1. The molecular weight excluding hydrogens is 423 g/mol. The molecule has 0 bridgehead atoms. The Morgan fingerprint density at radius 3 is 2.53 bits per heavy atom. The van der Waals surface area contributed by atoms with E-state index in [0.29, 0.717) is 30.1 Å². The first kappa shape index (κ1) is 24.2. The predicted molar refractivity (Wildman–Crippen MR) is 122 cm³/mol. The van der Waals surface area contributed by atoms with Crippen LogP contribution in [0.2, 0.25) is 5.02 Å². The number of hydrogen-bond donors (Lipinski definition) is 1. The second-order valence-electron chi connectivity index (χ2n) is 6.96. The van der Waals surface area contributed by atoms with Crippen molar-refractivity contribution in [3.63, 3.8) is 0 Å². The fourth-order valence-corrected chi connectivity index (χ4v) is 4.43. The number of halogens is 2. The monoisotopic (exact) mass is 450 g/mol. The lowest BCUT2D eigenvalue weighted by Gasteiger charge is -2.31. The summed E-state index contributed by atoms with van der Waals surface area (Å²) in [6.45, 7) is 6.58. The van der Waals surface area contributed by atoms with E-state index in [1.54, 1.807) is 17.0 Å². The van der Waals surface area contributed by atoms with Gasteiger partial charge in [0.25, 0.3) is 0 Å². The van der Waals surface area contributed by atoms with Crippen molar-refractivity contribution in [2.24, 2.45) is 0 Å². The molecular formula is C23H28ClFN2O2S. The van der Waals surface area contributed by atoms with Crippen molar-refractivity contribution in [2.75, 3.05) is 12.3 Å². The van der Waals surface area contributed by atoms with Crippen molar-refractivity contribution >= 4 is 35.2 Å². The van der Waals surface area contributed by atoms with Crippen LogP contribution >= 0.6 is 23.4 Å². The predicted octanol–water partition coefficient (Wildman–Crippen LogP) is 4.96. The van der Waals surface area contributed by atoms with E-state index in [9.17, 15) is 14.0 Å². The van der Waals surface area contributed by atoms with Crippen LogP contribution in [-0.2, 0) is 21.9 Å². The Bertz CT molecular complexity index is 858. The molecule has 2 amide bonds. The third kappa shape index (κ3) is 6.47. The van der Waals surface area contributed by atoms with E-state index in [1.165, 1.54) is 17.8 Å². The van der Waals surface area contributed by atoms with Gasteiger partial charge in [-0.25, -0.2) is 4.39 Å². The maximum absolute atomic E-state index is 14.0. The van der Waals surface area contributed by atoms with Gasteiger partial charge in [0.1, 0.15) is 11.9 Å². The van der Waals surface area contributed by atoms with Crippen molar-refractivity contribution in [1.82, 2.24) is 10.2 Å². The van der Waals surface area contributed by atoms with Gasteiger partial charge < -0.3 is 10.2 Å². The van der Waals surface area contributed by atoms with Crippen LogP contribution in [0.5, 0.6) is 0 Å². The van der Waals surface area contributed by atoms with Gasteiger partial charge in [0, 0.05) is 29.4 Å². The lowest BCUT2D eigenvalue weighted by molar-refractivity contribution is -0.139. The van der Waals surface area contributed by atoms with E-state index in [1.807, 2.05) is 45.0 Å². The second-order valence-corrected chi connectivity index (χ2v) is 8.35. The van der Waals surface area contributed by atoms with Gasteiger partial charge in [-0.05, 0) is 43.5 Å². The molecule has 1 unspecified atom stereocenters. The summed E-state index contributed by atoms with van der Waals surface area (Å²) in [6, 6.07) is 11.8. The second kappa shape index (κ2) is 12.0. The normalized spacial score (nSPS) is 11.8. The molecule has 7 heteroatoms. The van der Waals surface area contributed by atoms with Crippen molar-refractivity contribution in [2.45, 2.75) is 45.5 Å². The molecule has 0 heterocycles. The highest BCUT2D eigenvalue weighted by Crippen LogP contribution is 2.25. The molecule has 2 aromatic carbocycles. The highest BCUT2D eigenvalue weighted by Gasteiger charge is 2.28. The SMILES string of the molecule is CCNC(=O)C(CC)N(Cc1ccccc1C)C(=O)CSCc1c(F)cccc1Cl. The quantitative estimate of drug-likeness (QED) is 0.556. The van der Waals surface area contributed by atoms with Gasteiger partial charge in [-0.3, -0.25) is 9.59 Å². The van der Waals surface area contributed by atoms with Gasteiger partial charge in [0.15, 0.2) is 0 Å². The average Bonchev–Trinajstić information content (AvgIpc) is 2.71. The number of rotatable bonds is 10. The van der Waals surface area contributed by atoms with Crippen LogP contribution in [0.3, 0.4) is 0 Å². The fourth-order valence-electron chi connectivity index (χ4n) is 3.18. The van der Waals surface area contributed by atoms with E-state index >= 15 is 0 Å². The van der Waals surface area contributed by atoms with E-state index in [0.717, 1.165) is 11.1 Å². The Labute approximate surface area is 187 Å². The molecule has 0 radical (unpaired) electrons. The van der Waals surface area contributed by atoms with E-state index in [4.69, 9.17) is 11.6 Å². The van der Waals surface area contributed by atoms with Gasteiger partial charge in [-0.1, -0.05) is 48.9 Å². The maximum Gasteiger partial charge on any atom is 0.242 e. The number of nitrogens with zero attached hydrogens (tertiary/aromatic N) is 1. The van der Waals surface area contributed by atoms with Gasteiger partial charge in [-0.2, -0.15) is 0 Å². The highest BCUT2D eigenvalue weighted by atomic mass is 35.5. The van der Waals surface area contributed by atoms with Crippen molar-refractivity contribution in [3.8, 4) is 0 Å². The minimum atomic E-state index is -0.560. The molecule has 1 atom stereocenters. The number of carbonyl (C=O) groups excluding carboxylic acids is 2. The smallest absolute Gasteiger partial charge is 0.242 e. The summed E-state index contributed by atoms with van der Waals surface area (Å²) in [5.74, 6) is -0.286. The number of amides is 2. The summed E-state index contributed by atoms with van der Waals surface area (Å²) >= 11 is 7.37. The van der Waals surface area contributed by atoms with Gasteiger partial charge in [0.2, 0.25) is 11.8 Å². The van der Waals surface area contributed by atoms with Gasteiger partial charge in [-0.15, -0.1) is 11.8 Å². The van der Waals surface area contributed by atoms with E-state index in [-0.39, 0.29) is 29.1 Å². The van der Waals surface area contributed by atoms with Crippen molar-refractivity contribution < 1.29 is 14.0 Å². The largest absolute Gasteiger partial charge is 0.355 e.